The smallest absolute Gasteiger partial charge is 0.286 e. The van der Waals surface area contributed by atoms with Crippen molar-refractivity contribution >= 4 is 23.0 Å². The van der Waals surface area contributed by atoms with Crippen LogP contribution in [0, 0.1) is 0 Å². The van der Waals surface area contributed by atoms with Crippen LogP contribution < -0.4 is 38.6 Å². The maximum absolute atomic E-state index is 13.3. The molecular formula is C23H19IN2O3. The third-order valence-corrected chi connectivity index (χ3v) is 4.52. The first-order chi connectivity index (χ1) is 13.7. The maximum atomic E-state index is 13.3. The number of allylic oxidation sites excluding steroid dienone is 2. The summed E-state index contributed by atoms with van der Waals surface area (Å²) >= 11 is 0. The predicted molar refractivity (Wildman–Crippen MR) is 106 cm³/mol. The minimum atomic E-state index is -0.229. The van der Waals surface area contributed by atoms with Gasteiger partial charge in [0.2, 0.25) is 5.78 Å². The van der Waals surface area contributed by atoms with Gasteiger partial charge in [-0.2, -0.15) is 4.57 Å². The number of hydrogen-bond acceptors (Lipinski definition) is 4. The molecule has 1 aliphatic carbocycles. The van der Waals surface area contributed by atoms with Gasteiger partial charge in [-0.3, -0.25) is 9.59 Å². The lowest BCUT2D eigenvalue weighted by atomic mass is 9.90. The Hall–Kier alpha value is -3.00. The van der Waals surface area contributed by atoms with Crippen LogP contribution >= 0.6 is 0 Å². The van der Waals surface area contributed by atoms with Crippen LogP contribution in [-0.4, -0.2) is 18.2 Å². The minimum Gasteiger partial charge on any atom is -1.00 e. The number of rotatable bonds is 5. The zero-order valence-electron chi connectivity index (χ0n) is 15.8. The molecule has 1 aromatic heterocycles. The molecular weight excluding hydrogens is 479 g/mol. The quantitative estimate of drug-likeness (QED) is 0.417. The highest BCUT2D eigenvalue weighted by molar-refractivity contribution is 6.36. The molecule has 1 N–H and O–H groups in total. The number of nitrogens with one attached hydrogen (secondary N) is 1. The summed E-state index contributed by atoms with van der Waals surface area (Å²) < 4.78 is 7.33. The molecule has 4 rings (SSSR count). The average molecular weight is 498 g/mol. The number of Topliss-reactive ketones (excluding diaryl/α,β-unsaturated/α-hetero) is 2. The summed E-state index contributed by atoms with van der Waals surface area (Å²) in [5, 5.41) is 3.17. The van der Waals surface area contributed by atoms with Crippen LogP contribution in [0.5, 0.6) is 5.75 Å². The van der Waals surface area contributed by atoms with Crippen LogP contribution in [0.25, 0.3) is 5.70 Å². The lowest BCUT2D eigenvalue weighted by molar-refractivity contribution is -0.577. The second kappa shape index (κ2) is 9.00. The van der Waals surface area contributed by atoms with Gasteiger partial charge < -0.3 is 34.0 Å². The summed E-state index contributed by atoms with van der Waals surface area (Å²) in [6, 6.07) is 19.7. The van der Waals surface area contributed by atoms with E-state index in [1.165, 1.54) is 0 Å². The molecule has 0 spiro atoms. The van der Waals surface area contributed by atoms with E-state index in [2.05, 4.69) is 5.32 Å². The SMILES string of the molecule is CCOc1ccccc1NC1=C([n+]2ccccc2)C(=O)c2ccccc2C1=O.[I-]. The van der Waals surface area contributed by atoms with E-state index >= 15 is 0 Å². The Labute approximate surface area is 186 Å². The van der Waals surface area contributed by atoms with Crippen LogP contribution in [0.4, 0.5) is 5.69 Å². The Kier molecular flexibility index (Phi) is 6.43. The minimum absolute atomic E-state index is 0. The van der Waals surface area contributed by atoms with Crippen molar-refractivity contribution in [3.63, 3.8) is 0 Å². The fourth-order valence-electron chi connectivity index (χ4n) is 3.26. The Morgan fingerprint density at radius 1 is 0.828 bits per heavy atom. The number of benzene rings is 2. The summed E-state index contributed by atoms with van der Waals surface area (Å²) in [7, 11) is 0. The second-order valence-corrected chi connectivity index (χ2v) is 6.26. The Morgan fingerprint density at radius 3 is 2.14 bits per heavy atom. The van der Waals surface area contributed by atoms with E-state index in [0.29, 0.717) is 29.2 Å². The third-order valence-electron chi connectivity index (χ3n) is 4.52. The van der Waals surface area contributed by atoms with Gasteiger partial charge in [-0.1, -0.05) is 42.5 Å². The van der Waals surface area contributed by atoms with Crippen molar-refractivity contribution in [2.24, 2.45) is 0 Å². The number of para-hydroxylation sites is 2. The zero-order valence-corrected chi connectivity index (χ0v) is 17.9. The molecule has 0 atom stereocenters. The Morgan fingerprint density at radius 2 is 1.45 bits per heavy atom. The van der Waals surface area contributed by atoms with E-state index in [9.17, 15) is 9.59 Å². The monoisotopic (exact) mass is 498 g/mol. The van der Waals surface area contributed by atoms with Crippen molar-refractivity contribution in [3.05, 3.63) is 95.9 Å². The highest BCUT2D eigenvalue weighted by Gasteiger charge is 2.38. The predicted octanol–water partition coefficient (Wildman–Crippen LogP) is 0.737. The summed E-state index contributed by atoms with van der Waals surface area (Å²) in [6.45, 7) is 2.39. The summed E-state index contributed by atoms with van der Waals surface area (Å²) in [5.41, 5.74) is 1.95. The number of hydrogen-bond donors (Lipinski definition) is 1. The number of ketones is 2. The molecule has 0 unspecified atom stereocenters. The van der Waals surface area contributed by atoms with E-state index < -0.39 is 0 Å². The summed E-state index contributed by atoms with van der Waals surface area (Å²) in [5.74, 6) is 0.185. The van der Waals surface area contributed by atoms with E-state index in [-0.39, 0.29) is 46.9 Å². The largest absolute Gasteiger partial charge is 1.00 e. The lowest BCUT2D eigenvalue weighted by Crippen LogP contribution is -3.00. The Bertz CT molecular complexity index is 1090. The maximum Gasteiger partial charge on any atom is 0.286 e. The normalized spacial score (nSPS) is 12.9. The number of fused-ring (bicyclic) bond motifs is 1. The average Bonchev–Trinajstić information content (AvgIpc) is 2.74. The molecule has 146 valence electrons. The summed E-state index contributed by atoms with van der Waals surface area (Å²) in [6.07, 6.45) is 3.51. The molecule has 0 radical (unpaired) electrons. The number of pyridine rings is 1. The van der Waals surface area contributed by atoms with Crippen molar-refractivity contribution in [1.29, 1.82) is 0 Å². The fourth-order valence-corrected chi connectivity index (χ4v) is 3.26. The number of carbonyl (C=O) groups is 2. The molecule has 0 bridgehead atoms. The van der Waals surface area contributed by atoms with Gasteiger partial charge in [0.15, 0.2) is 18.1 Å². The molecule has 1 aliphatic rings. The van der Waals surface area contributed by atoms with Crippen LogP contribution in [0.2, 0.25) is 0 Å². The van der Waals surface area contributed by atoms with Gasteiger partial charge in [0.05, 0.1) is 12.3 Å². The van der Waals surface area contributed by atoms with Gasteiger partial charge in [-0.15, -0.1) is 0 Å². The number of halogens is 1. The van der Waals surface area contributed by atoms with Crippen molar-refractivity contribution < 1.29 is 42.9 Å². The number of anilines is 1. The molecule has 6 heteroatoms. The van der Waals surface area contributed by atoms with Crippen LogP contribution in [0.3, 0.4) is 0 Å². The molecule has 0 saturated heterocycles. The highest BCUT2D eigenvalue weighted by atomic mass is 127. The molecule has 3 aromatic rings. The molecule has 0 fully saturated rings. The standard InChI is InChI=1S/C23H18N2O3.HI/c1-2-28-19-13-7-6-12-18(19)24-20-21(25-14-8-3-9-15-25)23(27)17-11-5-4-10-16(17)22(20)26;/h3-15H,2H2,1H3;1H. The Balaban J connectivity index is 0.00000240. The van der Waals surface area contributed by atoms with E-state index in [1.807, 2.05) is 49.4 Å². The fraction of sp³-hybridized carbons (Fsp3) is 0.0870. The highest BCUT2D eigenvalue weighted by Crippen LogP contribution is 2.31. The third kappa shape index (κ3) is 3.93. The first-order valence-corrected chi connectivity index (χ1v) is 9.09. The first-order valence-electron chi connectivity index (χ1n) is 9.09. The molecule has 0 saturated carbocycles. The van der Waals surface area contributed by atoms with Gasteiger partial charge in [-0.05, 0) is 19.1 Å². The first kappa shape index (κ1) is 20.7. The van der Waals surface area contributed by atoms with E-state index in [1.54, 1.807) is 41.2 Å². The number of ether oxygens (including phenoxy) is 1. The van der Waals surface area contributed by atoms with Gasteiger partial charge in [-0.25, -0.2) is 0 Å². The van der Waals surface area contributed by atoms with Gasteiger partial charge >= 0.3 is 0 Å². The molecule has 1 heterocycles. The number of nitrogens with zero attached hydrogens (tertiary/aromatic N) is 1. The van der Waals surface area contributed by atoms with Crippen LogP contribution in [0.1, 0.15) is 27.6 Å². The lowest BCUT2D eigenvalue weighted by Gasteiger charge is -2.19. The van der Waals surface area contributed by atoms with Gasteiger partial charge in [0.1, 0.15) is 5.75 Å². The summed E-state index contributed by atoms with van der Waals surface area (Å²) in [4.78, 5) is 26.6. The van der Waals surface area contributed by atoms with E-state index in [0.717, 1.165) is 0 Å². The molecule has 2 aromatic carbocycles. The van der Waals surface area contributed by atoms with Crippen molar-refractivity contribution in [2.75, 3.05) is 11.9 Å². The number of aromatic nitrogens is 1. The van der Waals surface area contributed by atoms with Gasteiger partial charge in [0, 0.05) is 23.3 Å². The second-order valence-electron chi connectivity index (χ2n) is 6.26. The topological polar surface area (TPSA) is 59.3 Å². The van der Waals surface area contributed by atoms with Crippen LogP contribution in [0.15, 0.2) is 84.8 Å². The molecule has 0 aliphatic heterocycles. The molecule has 29 heavy (non-hydrogen) atoms. The van der Waals surface area contributed by atoms with Gasteiger partial charge in [0.25, 0.3) is 11.5 Å². The van der Waals surface area contributed by atoms with Crippen molar-refractivity contribution in [2.45, 2.75) is 6.92 Å². The van der Waals surface area contributed by atoms with Crippen LogP contribution in [-0.2, 0) is 0 Å². The molecule has 0 amide bonds. The number of carbonyl (C=O) groups excluding carboxylic acids is 2. The van der Waals surface area contributed by atoms with Crippen molar-refractivity contribution in [1.82, 2.24) is 0 Å². The molecule has 5 nitrogen and oxygen atoms in total. The van der Waals surface area contributed by atoms with Crippen molar-refractivity contribution in [3.8, 4) is 5.75 Å². The zero-order chi connectivity index (χ0) is 19.5. The van der Waals surface area contributed by atoms with E-state index in [4.69, 9.17) is 4.74 Å².